The number of aryl methyl sites for hydroxylation is 1. The number of hydrogen-bond acceptors (Lipinski definition) is 5. The molecule has 0 fully saturated rings. The lowest BCUT2D eigenvalue weighted by molar-refractivity contribution is 0.416. The van der Waals surface area contributed by atoms with Gasteiger partial charge in [-0.2, -0.15) is 0 Å². The van der Waals surface area contributed by atoms with Crippen LogP contribution < -0.4 is 10.1 Å². The van der Waals surface area contributed by atoms with E-state index in [1.165, 1.54) is 4.88 Å². The van der Waals surface area contributed by atoms with Crippen LogP contribution in [0.4, 0.5) is 0 Å². The second-order valence-corrected chi connectivity index (χ2v) is 5.80. The fourth-order valence-electron chi connectivity index (χ4n) is 1.68. The summed E-state index contributed by atoms with van der Waals surface area (Å²) in [5.74, 6) is 0.930. The SMILES string of the molecule is CNC(Cc1csc(C)n1)c1cc(OC)cs1. The average molecular weight is 268 g/mol. The van der Waals surface area contributed by atoms with E-state index < -0.39 is 0 Å². The highest BCUT2D eigenvalue weighted by atomic mass is 32.1. The van der Waals surface area contributed by atoms with Crippen LogP contribution in [-0.4, -0.2) is 19.1 Å². The summed E-state index contributed by atoms with van der Waals surface area (Å²) in [6.07, 6.45) is 0.921. The Morgan fingerprint density at radius 1 is 1.41 bits per heavy atom. The lowest BCUT2D eigenvalue weighted by Crippen LogP contribution is -2.17. The lowest BCUT2D eigenvalue weighted by Gasteiger charge is -2.12. The summed E-state index contributed by atoms with van der Waals surface area (Å²) in [4.78, 5) is 5.79. The molecule has 0 saturated heterocycles. The van der Waals surface area contributed by atoms with Crippen LogP contribution in [-0.2, 0) is 6.42 Å². The molecular weight excluding hydrogens is 252 g/mol. The number of nitrogens with zero attached hydrogens (tertiary/aromatic N) is 1. The van der Waals surface area contributed by atoms with Crippen LogP contribution in [0.2, 0.25) is 0 Å². The van der Waals surface area contributed by atoms with Crippen LogP contribution in [0.1, 0.15) is 21.6 Å². The molecule has 0 amide bonds. The van der Waals surface area contributed by atoms with Gasteiger partial charge < -0.3 is 10.1 Å². The summed E-state index contributed by atoms with van der Waals surface area (Å²) in [6, 6.07) is 2.40. The zero-order valence-electron chi connectivity index (χ0n) is 10.2. The van der Waals surface area contributed by atoms with Crippen LogP contribution in [0.5, 0.6) is 5.75 Å². The van der Waals surface area contributed by atoms with E-state index >= 15 is 0 Å². The standard InChI is InChI=1S/C12H16N2OS2/c1-8-14-9(6-16-8)4-11(13-2)12-5-10(15-3)7-17-12/h5-7,11,13H,4H2,1-3H3. The molecule has 2 aromatic heterocycles. The average Bonchev–Trinajstić information content (AvgIpc) is 2.94. The molecule has 1 unspecified atom stereocenters. The highest BCUT2D eigenvalue weighted by Gasteiger charge is 2.14. The van der Waals surface area contributed by atoms with Gasteiger partial charge in [-0.05, 0) is 20.0 Å². The number of likely N-dealkylation sites (N-methyl/N-ethyl adjacent to an activating group) is 1. The maximum Gasteiger partial charge on any atom is 0.129 e. The van der Waals surface area contributed by atoms with Crippen molar-refractivity contribution in [2.45, 2.75) is 19.4 Å². The van der Waals surface area contributed by atoms with Crippen LogP contribution >= 0.6 is 22.7 Å². The molecule has 2 rings (SSSR count). The van der Waals surface area contributed by atoms with Gasteiger partial charge in [0.15, 0.2) is 0 Å². The first-order valence-electron chi connectivity index (χ1n) is 5.43. The fraction of sp³-hybridized carbons (Fsp3) is 0.417. The Morgan fingerprint density at radius 3 is 2.76 bits per heavy atom. The molecule has 0 radical (unpaired) electrons. The van der Waals surface area contributed by atoms with Crippen molar-refractivity contribution in [3.63, 3.8) is 0 Å². The maximum atomic E-state index is 5.21. The highest BCUT2D eigenvalue weighted by molar-refractivity contribution is 7.10. The number of hydrogen-bond donors (Lipinski definition) is 1. The summed E-state index contributed by atoms with van der Waals surface area (Å²) in [6.45, 7) is 2.04. The second kappa shape index (κ2) is 5.62. The van der Waals surface area contributed by atoms with Crippen molar-refractivity contribution in [1.29, 1.82) is 0 Å². The minimum absolute atomic E-state index is 0.311. The predicted octanol–water partition coefficient (Wildman–Crippen LogP) is 3.02. The monoisotopic (exact) mass is 268 g/mol. The van der Waals surface area contributed by atoms with E-state index in [4.69, 9.17) is 4.74 Å². The summed E-state index contributed by atoms with van der Waals surface area (Å²) in [5.41, 5.74) is 1.15. The molecule has 17 heavy (non-hydrogen) atoms. The minimum atomic E-state index is 0.311. The summed E-state index contributed by atoms with van der Waals surface area (Å²) < 4.78 is 5.21. The highest BCUT2D eigenvalue weighted by Crippen LogP contribution is 2.28. The molecular formula is C12H16N2OS2. The Balaban J connectivity index is 2.10. The Bertz CT molecular complexity index is 478. The Labute approximate surface area is 109 Å². The van der Waals surface area contributed by atoms with Crippen LogP contribution in [0.25, 0.3) is 0 Å². The third-order valence-corrected chi connectivity index (χ3v) is 4.45. The van der Waals surface area contributed by atoms with Crippen molar-refractivity contribution in [3.05, 3.63) is 32.4 Å². The fourth-order valence-corrected chi connectivity index (χ4v) is 3.27. The van der Waals surface area contributed by atoms with Gasteiger partial charge in [0.25, 0.3) is 0 Å². The van der Waals surface area contributed by atoms with Crippen molar-refractivity contribution in [2.24, 2.45) is 0 Å². The van der Waals surface area contributed by atoms with E-state index in [2.05, 4.69) is 21.7 Å². The number of thiazole rings is 1. The van der Waals surface area contributed by atoms with Crippen molar-refractivity contribution >= 4 is 22.7 Å². The van der Waals surface area contributed by atoms with E-state index in [-0.39, 0.29) is 0 Å². The van der Waals surface area contributed by atoms with Crippen LogP contribution in [0, 0.1) is 6.92 Å². The molecule has 2 heterocycles. The van der Waals surface area contributed by atoms with E-state index in [9.17, 15) is 0 Å². The molecule has 0 aliphatic rings. The number of ether oxygens (including phenoxy) is 1. The molecule has 0 aliphatic carbocycles. The number of thiophene rings is 1. The third kappa shape index (κ3) is 3.06. The number of rotatable bonds is 5. The van der Waals surface area contributed by atoms with Crippen molar-refractivity contribution in [2.75, 3.05) is 14.2 Å². The van der Waals surface area contributed by atoms with Crippen molar-refractivity contribution < 1.29 is 4.74 Å². The maximum absolute atomic E-state index is 5.21. The lowest BCUT2D eigenvalue weighted by atomic mass is 10.1. The van der Waals surface area contributed by atoms with E-state index in [1.807, 2.05) is 19.4 Å². The number of methoxy groups -OCH3 is 1. The van der Waals surface area contributed by atoms with Crippen molar-refractivity contribution in [1.82, 2.24) is 10.3 Å². The Morgan fingerprint density at radius 2 is 2.24 bits per heavy atom. The second-order valence-electron chi connectivity index (χ2n) is 3.79. The van der Waals surface area contributed by atoms with Crippen molar-refractivity contribution in [3.8, 4) is 5.75 Å². The Hall–Kier alpha value is -0.910. The molecule has 1 atom stereocenters. The topological polar surface area (TPSA) is 34.2 Å². The summed E-state index contributed by atoms with van der Waals surface area (Å²) in [5, 5.41) is 8.62. The molecule has 0 bridgehead atoms. The van der Waals surface area contributed by atoms with Gasteiger partial charge in [0, 0.05) is 28.1 Å². The first kappa shape index (κ1) is 12.5. The third-order valence-electron chi connectivity index (χ3n) is 2.60. The summed E-state index contributed by atoms with van der Waals surface area (Å²) >= 11 is 3.42. The van der Waals surface area contributed by atoms with E-state index in [0.29, 0.717) is 6.04 Å². The molecule has 2 aromatic rings. The first-order chi connectivity index (χ1) is 8.22. The quantitative estimate of drug-likeness (QED) is 0.905. The molecule has 0 spiro atoms. The zero-order chi connectivity index (χ0) is 12.3. The van der Waals surface area contributed by atoms with Gasteiger partial charge in [0.2, 0.25) is 0 Å². The Kier molecular flexibility index (Phi) is 4.15. The van der Waals surface area contributed by atoms with Gasteiger partial charge >= 0.3 is 0 Å². The van der Waals surface area contributed by atoms with Gasteiger partial charge in [-0.25, -0.2) is 4.98 Å². The molecule has 92 valence electrons. The predicted molar refractivity (Wildman–Crippen MR) is 73.2 cm³/mol. The van der Waals surface area contributed by atoms with Gasteiger partial charge in [-0.15, -0.1) is 22.7 Å². The zero-order valence-corrected chi connectivity index (χ0v) is 11.8. The van der Waals surface area contributed by atoms with Gasteiger partial charge in [0.05, 0.1) is 17.8 Å². The summed E-state index contributed by atoms with van der Waals surface area (Å²) in [7, 11) is 3.68. The molecule has 0 aromatic carbocycles. The van der Waals surface area contributed by atoms with Crippen LogP contribution in [0.3, 0.4) is 0 Å². The largest absolute Gasteiger partial charge is 0.496 e. The van der Waals surface area contributed by atoms with Crippen LogP contribution in [0.15, 0.2) is 16.8 Å². The molecule has 0 aliphatic heterocycles. The number of aromatic nitrogens is 1. The van der Waals surface area contributed by atoms with Gasteiger partial charge in [-0.1, -0.05) is 0 Å². The first-order valence-corrected chi connectivity index (χ1v) is 7.19. The normalized spacial score (nSPS) is 12.6. The molecule has 3 nitrogen and oxygen atoms in total. The smallest absolute Gasteiger partial charge is 0.129 e. The molecule has 5 heteroatoms. The minimum Gasteiger partial charge on any atom is -0.496 e. The van der Waals surface area contributed by atoms with E-state index in [1.54, 1.807) is 29.8 Å². The molecule has 0 saturated carbocycles. The molecule has 1 N–H and O–H groups in total. The number of nitrogens with one attached hydrogen (secondary N) is 1. The van der Waals surface area contributed by atoms with Gasteiger partial charge in [-0.3, -0.25) is 0 Å². The van der Waals surface area contributed by atoms with E-state index in [0.717, 1.165) is 22.9 Å². The van der Waals surface area contributed by atoms with Gasteiger partial charge in [0.1, 0.15) is 5.75 Å².